The van der Waals surface area contributed by atoms with E-state index in [1.807, 2.05) is 6.07 Å². The summed E-state index contributed by atoms with van der Waals surface area (Å²) in [6.07, 6.45) is 4.23. The van der Waals surface area contributed by atoms with Crippen LogP contribution in [0.3, 0.4) is 0 Å². The molecular weight excluding hydrogens is 264 g/mol. The molecule has 0 spiro atoms. The molecule has 0 aliphatic rings. The van der Waals surface area contributed by atoms with Gasteiger partial charge in [-0.2, -0.15) is 37.9 Å². The molecule has 0 fully saturated rings. The molecule has 0 bridgehead atoms. The molecule has 0 saturated carbocycles. The third-order valence-electron chi connectivity index (χ3n) is 2.87. The summed E-state index contributed by atoms with van der Waals surface area (Å²) in [6.45, 7) is 2.17. The van der Waals surface area contributed by atoms with Crippen LogP contribution in [0.5, 0.6) is 0 Å². The Bertz CT molecular complexity index is 300. The zero-order valence-corrected chi connectivity index (χ0v) is 13.0. The molecule has 1 rings (SSSR count). The minimum atomic E-state index is 0.386. The standard InChI is InChI=1S/C14H22S3/c1-2-12(15)9-14(17)10-13(16)8-11-6-4-3-5-7-11/h3-7,12-17H,2,8-10H2,1H3. The van der Waals surface area contributed by atoms with Crippen molar-refractivity contribution in [2.75, 3.05) is 0 Å². The van der Waals surface area contributed by atoms with Crippen LogP contribution in [0.2, 0.25) is 0 Å². The van der Waals surface area contributed by atoms with E-state index in [4.69, 9.17) is 0 Å². The van der Waals surface area contributed by atoms with E-state index in [1.165, 1.54) is 5.56 Å². The van der Waals surface area contributed by atoms with Gasteiger partial charge in [-0.05, 0) is 31.2 Å². The first-order chi connectivity index (χ1) is 8.11. The van der Waals surface area contributed by atoms with E-state index in [-0.39, 0.29) is 0 Å². The number of hydrogen-bond acceptors (Lipinski definition) is 3. The molecule has 0 N–H and O–H groups in total. The summed E-state index contributed by atoms with van der Waals surface area (Å²) < 4.78 is 0. The number of rotatable bonds is 7. The molecular formula is C14H22S3. The van der Waals surface area contributed by atoms with Gasteiger partial charge in [-0.15, -0.1) is 0 Å². The van der Waals surface area contributed by atoms with Gasteiger partial charge in [-0.3, -0.25) is 0 Å². The minimum absolute atomic E-state index is 0.386. The minimum Gasteiger partial charge on any atom is -0.176 e. The van der Waals surface area contributed by atoms with Crippen LogP contribution in [0.4, 0.5) is 0 Å². The first-order valence-corrected chi connectivity index (χ1v) is 7.74. The Labute approximate surface area is 122 Å². The van der Waals surface area contributed by atoms with Gasteiger partial charge in [0.25, 0.3) is 0 Å². The third kappa shape index (κ3) is 6.68. The molecule has 1 aromatic carbocycles. The monoisotopic (exact) mass is 286 g/mol. The number of thiol groups is 3. The fourth-order valence-electron chi connectivity index (χ4n) is 1.86. The Hall–Kier alpha value is 0.270. The van der Waals surface area contributed by atoms with Gasteiger partial charge < -0.3 is 0 Å². The Morgan fingerprint density at radius 1 is 0.882 bits per heavy atom. The van der Waals surface area contributed by atoms with E-state index < -0.39 is 0 Å². The normalized spacial score (nSPS) is 16.5. The fraction of sp³-hybridized carbons (Fsp3) is 0.571. The van der Waals surface area contributed by atoms with Crippen LogP contribution < -0.4 is 0 Å². The molecule has 0 aromatic heterocycles. The molecule has 1 aromatic rings. The first-order valence-electron chi connectivity index (χ1n) is 6.20. The molecule has 3 heteroatoms. The molecule has 0 heterocycles. The van der Waals surface area contributed by atoms with Crippen molar-refractivity contribution in [3.8, 4) is 0 Å². The van der Waals surface area contributed by atoms with Crippen LogP contribution in [0.25, 0.3) is 0 Å². The Balaban J connectivity index is 2.31. The second kappa shape index (κ2) is 8.39. The zero-order chi connectivity index (χ0) is 12.7. The molecule has 0 amide bonds. The molecule has 17 heavy (non-hydrogen) atoms. The van der Waals surface area contributed by atoms with Crippen molar-refractivity contribution in [1.29, 1.82) is 0 Å². The lowest BCUT2D eigenvalue weighted by Gasteiger charge is -2.18. The second-order valence-electron chi connectivity index (χ2n) is 4.53. The van der Waals surface area contributed by atoms with E-state index >= 15 is 0 Å². The zero-order valence-electron chi connectivity index (χ0n) is 10.3. The summed E-state index contributed by atoms with van der Waals surface area (Å²) in [5.74, 6) is 0. The van der Waals surface area contributed by atoms with Crippen molar-refractivity contribution in [2.45, 2.75) is 48.4 Å². The highest BCUT2D eigenvalue weighted by atomic mass is 32.1. The maximum absolute atomic E-state index is 4.66. The molecule has 96 valence electrons. The van der Waals surface area contributed by atoms with Gasteiger partial charge in [-0.25, -0.2) is 0 Å². The average molecular weight is 287 g/mol. The summed E-state index contributed by atoms with van der Waals surface area (Å²) in [6, 6.07) is 10.5. The molecule has 0 saturated heterocycles. The summed E-state index contributed by atoms with van der Waals surface area (Å²) in [4.78, 5) is 0. The van der Waals surface area contributed by atoms with Crippen molar-refractivity contribution in [2.24, 2.45) is 0 Å². The topological polar surface area (TPSA) is 0 Å². The lowest BCUT2D eigenvalue weighted by atomic mass is 10.0. The van der Waals surface area contributed by atoms with E-state index in [9.17, 15) is 0 Å². The largest absolute Gasteiger partial charge is 0.176 e. The van der Waals surface area contributed by atoms with Crippen molar-refractivity contribution in [3.63, 3.8) is 0 Å². The first kappa shape index (κ1) is 15.3. The van der Waals surface area contributed by atoms with E-state index in [1.54, 1.807) is 0 Å². The summed E-state index contributed by atoms with van der Waals surface area (Å²) in [5.41, 5.74) is 1.35. The van der Waals surface area contributed by atoms with E-state index in [0.717, 1.165) is 25.7 Å². The van der Waals surface area contributed by atoms with Crippen molar-refractivity contribution < 1.29 is 0 Å². The van der Waals surface area contributed by atoms with Crippen LogP contribution in [0.15, 0.2) is 30.3 Å². The summed E-state index contributed by atoms with van der Waals surface area (Å²) in [7, 11) is 0. The van der Waals surface area contributed by atoms with Crippen molar-refractivity contribution in [3.05, 3.63) is 35.9 Å². The highest BCUT2D eigenvalue weighted by Gasteiger charge is 2.13. The fourth-order valence-corrected chi connectivity index (χ4v) is 3.42. The Morgan fingerprint density at radius 3 is 2.06 bits per heavy atom. The van der Waals surface area contributed by atoms with Crippen LogP contribution in [0.1, 0.15) is 31.7 Å². The van der Waals surface area contributed by atoms with Gasteiger partial charge in [0, 0.05) is 15.7 Å². The highest BCUT2D eigenvalue weighted by molar-refractivity contribution is 7.82. The summed E-state index contributed by atoms with van der Waals surface area (Å²) in [5, 5.41) is 1.26. The molecule has 3 atom stereocenters. The molecule has 0 radical (unpaired) electrons. The van der Waals surface area contributed by atoms with Gasteiger partial charge in [0.2, 0.25) is 0 Å². The molecule has 0 nitrogen and oxygen atoms in total. The van der Waals surface area contributed by atoms with Gasteiger partial charge in [-0.1, -0.05) is 37.3 Å². The van der Waals surface area contributed by atoms with Crippen molar-refractivity contribution in [1.82, 2.24) is 0 Å². The average Bonchev–Trinajstić information content (AvgIpc) is 2.29. The smallest absolute Gasteiger partial charge is 0.00676 e. The molecule has 0 aliphatic carbocycles. The molecule has 3 unspecified atom stereocenters. The van der Waals surface area contributed by atoms with Crippen LogP contribution >= 0.6 is 37.9 Å². The lowest BCUT2D eigenvalue weighted by Crippen LogP contribution is -2.15. The van der Waals surface area contributed by atoms with Gasteiger partial charge in [0.05, 0.1) is 0 Å². The summed E-state index contributed by atoms with van der Waals surface area (Å²) >= 11 is 13.8. The third-order valence-corrected chi connectivity index (χ3v) is 4.26. The molecule has 0 aliphatic heterocycles. The van der Waals surface area contributed by atoms with Gasteiger partial charge in [0.1, 0.15) is 0 Å². The van der Waals surface area contributed by atoms with Crippen LogP contribution in [0, 0.1) is 0 Å². The Morgan fingerprint density at radius 2 is 1.47 bits per heavy atom. The van der Waals surface area contributed by atoms with E-state index in [2.05, 4.69) is 69.1 Å². The van der Waals surface area contributed by atoms with Gasteiger partial charge >= 0.3 is 0 Å². The maximum atomic E-state index is 4.66. The van der Waals surface area contributed by atoms with Crippen LogP contribution in [-0.4, -0.2) is 15.7 Å². The number of hydrogen-bond donors (Lipinski definition) is 3. The number of benzene rings is 1. The quantitative estimate of drug-likeness (QED) is 0.611. The lowest BCUT2D eigenvalue weighted by molar-refractivity contribution is 0.646. The Kier molecular flexibility index (Phi) is 7.56. The van der Waals surface area contributed by atoms with E-state index in [0.29, 0.717) is 15.7 Å². The second-order valence-corrected chi connectivity index (χ2v) is 6.72. The maximum Gasteiger partial charge on any atom is 0.00676 e. The van der Waals surface area contributed by atoms with Crippen molar-refractivity contribution >= 4 is 37.9 Å². The predicted molar refractivity (Wildman–Crippen MR) is 88.0 cm³/mol. The predicted octanol–water partition coefficient (Wildman–Crippen LogP) is 4.31. The van der Waals surface area contributed by atoms with Gasteiger partial charge in [0.15, 0.2) is 0 Å². The van der Waals surface area contributed by atoms with Crippen LogP contribution in [-0.2, 0) is 6.42 Å². The highest BCUT2D eigenvalue weighted by Crippen LogP contribution is 2.21. The SMILES string of the molecule is CCC(S)CC(S)CC(S)Cc1ccccc1.